The van der Waals surface area contributed by atoms with Crippen LogP contribution < -0.4 is 16.4 Å². The van der Waals surface area contributed by atoms with E-state index in [4.69, 9.17) is 15.2 Å². The van der Waals surface area contributed by atoms with Crippen LogP contribution in [0.2, 0.25) is 0 Å². The lowest BCUT2D eigenvalue weighted by Gasteiger charge is -2.29. The number of aromatic nitrogens is 3. The Hall–Kier alpha value is -5.25. The van der Waals surface area contributed by atoms with E-state index < -0.39 is 46.8 Å². The topological polar surface area (TPSA) is 136 Å². The van der Waals surface area contributed by atoms with Gasteiger partial charge in [-0.05, 0) is 68.7 Å². The number of fused-ring (bicyclic) bond motifs is 1. The van der Waals surface area contributed by atoms with Crippen molar-refractivity contribution in [3.05, 3.63) is 77.3 Å². The molecule has 3 amide bonds. The van der Waals surface area contributed by atoms with E-state index in [0.29, 0.717) is 59.1 Å². The van der Waals surface area contributed by atoms with Crippen LogP contribution >= 0.6 is 0 Å². The number of halogens is 5. The number of methoxy groups -OCH3 is 1. The normalized spacial score (nSPS) is 13.8. The Morgan fingerprint density at radius 1 is 1.02 bits per heavy atom. The van der Waals surface area contributed by atoms with Gasteiger partial charge in [0.15, 0.2) is 5.82 Å². The summed E-state index contributed by atoms with van der Waals surface area (Å²) in [6.07, 6.45) is -1.63. The van der Waals surface area contributed by atoms with Crippen molar-refractivity contribution < 1.29 is 41.0 Å². The molecule has 48 heavy (non-hydrogen) atoms. The largest absolute Gasteiger partial charge is 0.444 e. The molecule has 11 nitrogen and oxygen atoms in total. The Bertz CT molecular complexity index is 1920. The van der Waals surface area contributed by atoms with Gasteiger partial charge in [-0.3, -0.25) is 0 Å². The van der Waals surface area contributed by atoms with Crippen molar-refractivity contribution >= 4 is 40.4 Å². The van der Waals surface area contributed by atoms with Crippen LogP contribution in [0.4, 0.5) is 48.7 Å². The number of benzene rings is 2. The molecular formula is C32H32F5N7O4. The van der Waals surface area contributed by atoms with Crippen LogP contribution in [0, 0.1) is 11.6 Å². The van der Waals surface area contributed by atoms with Crippen molar-refractivity contribution in [3.63, 3.8) is 0 Å². The highest BCUT2D eigenvalue weighted by Crippen LogP contribution is 2.41. The van der Waals surface area contributed by atoms with Gasteiger partial charge >= 0.3 is 18.3 Å². The van der Waals surface area contributed by atoms with Crippen LogP contribution in [-0.2, 0) is 22.3 Å². The number of rotatable bonds is 6. The van der Waals surface area contributed by atoms with Crippen LogP contribution in [0.5, 0.6) is 0 Å². The molecule has 5 rings (SSSR count). The smallest absolute Gasteiger partial charge is 0.416 e. The van der Waals surface area contributed by atoms with Gasteiger partial charge in [0, 0.05) is 31.3 Å². The van der Waals surface area contributed by atoms with Crippen molar-refractivity contribution in [3.8, 4) is 11.1 Å². The minimum atomic E-state index is -4.77. The third-order valence-electron chi connectivity index (χ3n) is 7.36. The van der Waals surface area contributed by atoms with E-state index in [1.54, 1.807) is 30.2 Å². The Kier molecular flexibility index (Phi) is 9.30. The maximum atomic E-state index is 15.5. The van der Waals surface area contributed by atoms with E-state index >= 15 is 4.39 Å². The SMILES string of the molecule is COCc1c(-c2ccc(NC(=O)Nc3cc(C(F)(F)F)ccc3F)c(F)c2)c2c(N)ncnn2c1C1=CCN(C(=O)OC(C)(C)C)CC1. The number of nitrogen functional groups attached to an aromatic ring is 1. The first-order valence-electron chi connectivity index (χ1n) is 14.6. The minimum Gasteiger partial charge on any atom is -0.444 e. The lowest BCUT2D eigenvalue weighted by atomic mass is 9.96. The molecule has 0 spiro atoms. The molecule has 0 fully saturated rings. The molecule has 16 heteroatoms. The highest BCUT2D eigenvalue weighted by molar-refractivity contribution is 6.00. The van der Waals surface area contributed by atoms with E-state index in [2.05, 4.69) is 15.4 Å². The molecule has 0 bridgehead atoms. The molecule has 1 aliphatic rings. The van der Waals surface area contributed by atoms with Gasteiger partial charge in [-0.25, -0.2) is 27.9 Å². The Morgan fingerprint density at radius 2 is 1.75 bits per heavy atom. The van der Waals surface area contributed by atoms with Gasteiger partial charge in [0.05, 0.1) is 29.2 Å². The molecule has 0 radical (unpaired) electrons. The molecule has 2 aromatic heterocycles. The van der Waals surface area contributed by atoms with Crippen molar-refractivity contribution in [1.29, 1.82) is 0 Å². The molecular weight excluding hydrogens is 641 g/mol. The standard InChI is InChI=1S/C32H32F5N7O4/c1-31(2,3)48-30(46)43-11-9-17(10-12-43)26-20(15-47-4)25(27-28(38)39-16-40-44(26)27)18-5-8-23(22(34)13-18)41-29(45)42-24-14-19(32(35,36)37)6-7-21(24)33/h5-9,13-14,16H,10-12,15H2,1-4H3,(H2,38,39,40)(H2,41,42,45). The van der Waals surface area contributed by atoms with E-state index in [1.807, 2.05) is 11.4 Å². The first-order valence-corrected chi connectivity index (χ1v) is 14.6. The number of nitrogens with one attached hydrogen (secondary N) is 2. The number of carbonyl (C=O) groups excluding carboxylic acids is 2. The van der Waals surface area contributed by atoms with E-state index in [9.17, 15) is 27.2 Å². The van der Waals surface area contributed by atoms with Gasteiger partial charge in [-0.2, -0.15) is 18.3 Å². The zero-order valence-corrected chi connectivity index (χ0v) is 26.3. The summed E-state index contributed by atoms with van der Waals surface area (Å²) in [7, 11) is 1.49. The van der Waals surface area contributed by atoms with Crippen LogP contribution in [-0.4, -0.2) is 57.4 Å². The summed E-state index contributed by atoms with van der Waals surface area (Å²) < 4.78 is 81.5. The molecule has 0 unspecified atom stereocenters. The number of amides is 3. The number of hydrogen-bond donors (Lipinski definition) is 3. The van der Waals surface area contributed by atoms with E-state index in [1.165, 1.54) is 25.6 Å². The Balaban J connectivity index is 1.47. The average molecular weight is 674 g/mol. The molecule has 0 atom stereocenters. The molecule has 1 aliphatic heterocycles. The molecule has 0 aliphatic carbocycles. The fraction of sp³-hybridized carbons (Fsp3) is 0.312. The van der Waals surface area contributed by atoms with Crippen LogP contribution in [0.1, 0.15) is 44.0 Å². The van der Waals surface area contributed by atoms with Crippen LogP contribution in [0.3, 0.4) is 0 Å². The number of ether oxygens (including phenoxy) is 2. The zero-order valence-electron chi connectivity index (χ0n) is 26.3. The van der Waals surface area contributed by atoms with Crippen LogP contribution in [0.15, 0.2) is 48.8 Å². The van der Waals surface area contributed by atoms with Crippen molar-refractivity contribution in [2.75, 3.05) is 36.6 Å². The molecule has 254 valence electrons. The monoisotopic (exact) mass is 673 g/mol. The molecule has 0 saturated heterocycles. The lowest BCUT2D eigenvalue weighted by molar-refractivity contribution is -0.137. The van der Waals surface area contributed by atoms with E-state index in [-0.39, 0.29) is 24.7 Å². The number of carbonyl (C=O) groups is 2. The molecule has 0 saturated carbocycles. The summed E-state index contributed by atoms with van der Waals surface area (Å²) in [6.45, 7) is 6.04. The number of alkyl halides is 3. The fourth-order valence-corrected chi connectivity index (χ4v) is 5.31. The quantitative estimate of drug-likeness (QED) is 0.186. The first kappa shape index (κ1) is 34.1. The fourth-order valence-electron chi connectivity index (χ4n) is 5.31. The predicted molar refractivity (Wildman–Crippen MR) is 168 cm³/mol. The summed E-state index contributed by atoms with van der Waals surface area (Å²) >= 11 is 0. The number of urea groups is 1. The Morgan fingerprint density at radius 3 is 2.38 bits per heavy atom. The third-order valence-corrected chi connectivity index (χ3v) is 7.36. The van der Waals surface area contributed by atoms with Gasteiger partial charge in [0.2, 0.25) is 0 Å². The van der Waals surface area contributed by atoms with Gasteiger partial charge in [0.25, 0.3) is 0 Å². The maximum absolute atomic E-state index is 15.5. The zero-order chi connectivity index (χ0) is 35.0. The second-order valence-electron chi connectivity index (χ2n) is 11.9. The number of anilines is 3. The maximum Gasteiger partial charge on any atom is 0.416 e. The first-order chi connectivity index (χ1) is 22.6. The number of nitrogens with two attached hydrogens (primary N) is 1. The van der Waals surface area contributed by atoms with E-state index in [0.717, 1.165) is 11.6 Å². The third kappa shape index (κ3) is 7.17. The van der Waals surface area contributed by atoms with Gasteiger partial charge in [-0.15, -0.1) is 0 Å². The van der Waals surface area contributed by atoms with Crippen LogP contribution in [0.25, 0.3) is 22.2 Å². The van der Waals surface area contributed by atoms with Crippen molar-refractivity contribution in [1.82, 2.24) is 19.5 Å². The molecule has 4 N–H and O–H groups in total. The van der Waals surface area contributed by atoms with Crippen molar-refractivity contribution in [2.24, 2.45) is 0 Å². The van der Waals surface area contributed by atoms with Gasteiger partial charge < -0.3 is 30.7 Å². The second kappa shape index (κ2) is 13.1. The van der Waals surface area contributed by atoms with Crippen molar-refractivity contribution in [2.45, 2.75) is 45.6 Å². The Labute approximate surface area is 271 Å². The summed E-state index contributed by atoms with van der Waals surface area (Å²) in [5, 5.41) is 8.59. The molecule has 3 heterocycles. The average Bonchev–Trinajstić information content (AvgIpc) is 3.33. The minimum absolute atomic E-state index is 0.0627. The summed E-state index contributed by atoms with van der Waals surface area (Å²) in [4.78, 5) is 30.9. The number of nitrogens with zero attached hydrogens (tertiary/aromatic N) is 4. The summed E-state index contributed by atoms with van der Waals surface area (Å²) in [6, 6.07) is 4.23. The predicted octanol–water partition coefficient (Wildman–Crippen LogP) is 7.09. The highest BCUT2D eigenvalue weighted by atomic mass is 19.4. The highest BCUT2D eigenvalue weighted by Gasteiger charge is 2.32. The number of hydrogen-bond acceptors (Lipinski definition) is 7. The van der Waals surface area contributed by atoms with Gasteiger partial charge in [-0.1, -0.05) is 12.1 Å². The second-order valence-corrected chi connectivity index (χ2v) is 11.9. The lowest BCUT2D eigenvalue weighted by Crippen LogP contribution is -2.39. The molecule has 2 aromatic carbocycles. The molecule has 4 aromatic rings. The summed E-state index contributed by atoms with van der Waals surface area (Å²) in [5.74, 6) is -1.92. The summed E-state index contributed by atoms with van der Waals surface area (Å²) in [5.41, 5.74) is 6.65. The van der Waals surface area contributed by atoms with Gasteiger partial charge in [0.1, 0.15) is 29.1 Å².